The van der Waals surface area contributed by atoms with Gasteiger partial charge in [-0.3, -0.25) is 0 Å². The van der Waals surface area contributed by atoms with E-state index in [0.29, 0.717) is 0 Å². The SMILES string of the molecule is O=C(O)Oc1ncoc1-c1ccc(C(F)(F)F)cc1. The maximum absolute atomic E-state index is 12.4. The summed E-state index contributed by atoms with van der Waals surface area (Å²) in [6, 6.07) is 3.97. The van der Waals surface area contributed by atoms with Crippen molar-refractivity contribution in [2.45, 2.75) is 6.18 Å². The van der Waals surface area contributed by atoms with E-state index in [-0.39, 0.29) is 17.2 Å². The molecule has 1 N–H and O–H groups in total. The standard InChI is InChI=1S/C11H6F3NO4/c12-11(13,14)7-3-1-6(2-4-7)8-9(15-5-18-8)19-10(16)17/h1-5H,(H,16,17). The topological polar surface area (TPSA) is 72.6 Å². The minimum Gasteiger partial charge on any atom is -0.449 e. The lowest BCUT2D eigenvalue weighted by molar-refractivity contribution is -0.137. The molecule has 0 spiro atoms. The van der Waals surface area contributed by atoms with E-state index >= 15 is 0 Å². The lowest BCUT2D eigenvalue weighted by Crippen LogP contribution is -2.05. The van der Waals surface area contributed by atoms with Gasteiger partial charge in [0.05, 0.1) is 5.56 Å². The van der Waals surface area contributed by atoms with Crippen LogP contribution in [0.25, 0.3) is 11.3 Å². The third-order valence-corrected chi connectivity index (χ3v) is 2.19. The first-order valence-electron chi connectivity index (χ1n) is 4.90. The van der Waals surface area contributed by atoms with Crippen LogP contribution in [0.4, 0.5) is 18.0 Å². The van der Waals surface area contributed by atoms with Gasteiger partial charge in [0.2, 0.25) is 0 Å². The number of ether oxygens (including phenoxy) is 1. The van der Waals surface area contributed by atoms with E-state index in [9.17, 15) is 18.0 Å². The number of aromatic nitrogens is 1. The molecule has 2 aromatic rings. The molecule has 0 radical (unpaired) electrons. The Balaban J connectivity index is 2.33. The molecule has 1 aromatic heterocycles. The molecule has 0 bridgehead atoms. The molecule has 0 amide bonds. The van der Waals surface area contributed by atoms with Crippen molar-refractivity contribution in [1.29, 1.82) is 0 Å². The van der Waals surface area contributed by atoms with E-state index in [1.165, 1.54) is 0 Å². The van der Waals surface area contributed by atoms with Gasteiger partial charge in [0.25, 0.3) is 5.88 Å². The van der Waals surface area contributed by atoms with Crippen LogP contribution in [0.15, 0.2) is 35.1 Å². The van der Waals surface area contributed by atoms with Gasteiger partial charge in [-0.15, -0.1) is 0 Å². The Morgan fingerprint density at radius 3 is 2.42 bits per heavy atom. The molecule has 19 heavy (non-hydrogen) atoms. The van der Waals surface area contributed by atoms with Crippen LogP contribution in [0, 0.1) is 0 Å². The van der Waals surface area contributed by atoms with E-state index in [2.05, 4.69) is 9.72 Å². The van der Waals surface area contributed by atoms with Crippen molar-refractivity contribution in [3.63, 3.8) is 0 Å². The number of carbonyl (C=O) groups is 1. The van der Waals surface area contributed by atoms with Gasteiger partial charge in [0, 0.05) is 5.56 Å². The number of alkyl halides is 3. The van der Waals surface area contributed by atoms with Gasteiger partial charge in [-0.2, -0.15) is 18.2 Å². The quantitative estimate of drug-likeness (QED) is 0.849. The summed E-state index contributed by atoms with van der Waals surface area (Å²) in [6.07, 6.45) is -5.10. The summed E-state index contributed by atoms with van der Waals surface area (Å²) in [5.41, 5.74) is -0.599. The molecule has 1 heterocycles. The third kappa shape index (κ3) is 2.84. The molecule has 0 unspecified atom stereocenters. The Morgan fingerprint density at radius 2 is 1.89 bits per heavy atom. The lowest BCUT2D eigenvalue weighted by Gasteiger charge is -2.06. The molecule has 1 aromatic carbocycles. The van der Waals surface area contributed by atoms with Gasteiger partial charge < -0.3 is 14.3 Å². The zero-order valence-corrected chi connectivity index (χ0v) is 9.14. The van der Waals surface area contributed by atoms with Crippen LogP contribution >= 0.6 is 0 Å². The Bertz CT molecular complexity index is 589. The fraction of sp³-hybridized carbons (Fsp3) is 0.0909. The van der Waals surface area contributed by atoms with Crippen LogP contribution in [0.2, 0.25) is 0 Å². The van der Waals surface area contributed by atoms with Crippen molar-refractivity contribution in [3.8, 4) is 17.2 Å². The summed E-state index contributed by atoms with van der Waals surface area (Å²) < 4.78 is 46.3. The van der Waals surface area contributed by atoms with E-state index in [1.807, 2.05) is 0 Å². The van der Waals surface area contributed by atoms with Gasteiger partial charge in [-0.25, -0.2) is 4.79 Å². The highest BCUT2D eigenvalue weighted by Gasteiger charge is 2.30. The van der Waals surface area contributed by atoms with E-state index < -0.39 is 17.9 Å². The van der Waals surface area contributed by atoms with Crippen molar-refractivity contribution in [2.24, 2.45) is 0 Å². The largest absolute Gasteiger partial charge is 0.512 e. The summed E-state index contributed by atoms with van der Waals surface area (Å²) in [5, 5.41) is 8.45. The number of hydrogen-bond donors (Lipinski definition) is 1. The average molecular weight is 273 g/mol. The van der Waals surface area contributed by atoms with Crippen LogP contribution in [-0.2, 0) is 6.18 Å². The Hall–Kier alpha value is -2.51. The Labute approximate surface area is 104 Å². The molecular weight excluding hydrogens is 267 g/mol. The second-order valence-electron chi connectivity index (χ2n) is 3.43. The van der Waals surface area contributed by atoms with Crippen LogP contribution in [0.3, 0.4) is 0 Å². The van der Waals surface area contributed by atoms with E-state index in [1.54, 1.807) is 0 Å². The van der Waals surface area contributed by atoms with Gasteiger partial charge in [-0.1, -0.05) is 12.1 Å². The minimum atomic E-state index is -4.44. The number of hydrogen-bond acceptors (Lipinski definition) is 4. The number of oxazole rings is 1. The minimum absolute atomic E-state index is 0.0591. The molecule has 0 aliphatic rings. The van der Waals surface area contributed by atoms with Gasteiger partial charge >= 0.3 is 12.3 Å². The smallest absolute Gasteiger partial charge is 0.449 e. The van der Waals surface area contributed by atoms with Gasteiger partial charge in [0.1, 0.15) is 0 Å². The number of benzene rings is 1. The number of nitrogens with zero attached hydrogens (tertiary/aromatic N) is 1. The summed E-state index contributed by atoms with van der Waals surface area (Å²) in [6.45, 7) is 0. The molecule has 2 rings (SSSR count). The van der Waals surface area contributed by atoms with E-state index in [0.717, 1.165) is 30.7 Å². The Morgan fingerprint density at radius 1 is 1.26 bits per heavy atom. The van der Waals surface area contributed by atoms with Crippen LogP contribution in [0.1, 0.15) is 5.56 Å². The predicted octanol–water partition coefficient (Wildman–Crippen LogP) is 3.42. The number of halogens is 3. The van der Waals surface area contributed by atoms with Crippen molar-refractivity contribution in [1.82, 2.24) is 4.98 Å². The molecule has 0 atom stereocenters. The van der Waals surface area contributed by atoms with Gasteiger partial charge in [-0.05, 0) is 12.1 Å². The number of rotatable bonds is 2. The third-order valence-electron chi connectivity index (χ3n) is 2.19. The first-order chi connectivity index (χ1) is 8.88. The lowest BCUT2D eigenvalue weighted by atomic mass is 10.1. The summed E-state index contributed by atoms with van der Waals surface area (Å²) in [4.78, 5) is 13.9. The maximum atomic E-state index is 12.4. The molecule has 0 saturated carbocycles. The first-order valence-corrected chi connectivity index (χ1v) is 4.90. The van der Waals surface area contributed by atoms with E-state index in [4.69, 9.17) is 9.52 Å². The monoisotopic (exact) mass is 273 g/mol. The molecule has 8 heteroatoms. The molecule has 0 aliphatic heterocycles. The summed E-state index contributed by atoms with van der Waals surface area (Å²) in [5.74, 6) is -0.386. The number of carboxylic acid groups (broad SMARTS) is 1. The summed E-state index contributed by atoms with van der Waals surface area (Å²) in [7, 11) is 0. The summed E-state index contributed by atoms with van der Waals surface area (Å²) >= 11 is 0. The predicted molar refractivity (Wildman–Crippen MR) is 55.6 cm³/mol. The molecule has 5 nitrogen and oxygen atoms in total. The van der Waals surface area contributed by atoms with Crippen molar-refractivity contribution in [3.05, 3.63) is 36.2 Å². The molecule has 0 saturated heterocycles. The average Bonchev–Trinajstić information content (AvgIpc) is 2.75. The van der Waals surface area contributed by atoms with Gasteiger partial charge in [0.15, 0.2) is 12.2 Å². The van der Waals surface area contributed by atoms with Crippen molar-refractivity contribution >= 4 is 6.16 Å². The molecule has 100 valence electrons. The first kappa shape index (κ1) is 12.9. The van der Waals surface area contributed by atoms with Crippen LogP contribution < -0.4 is 4.74 Å². The zero-order valence-electron chi connectivity index (χ0n) is 9.14. The second-order valence-corrected chi connectivity index (χ2v) is 3.43. The van der Waals surface area contributed by atoms with Crippen molar-refractivity contribution in [2.75, 3.05) is 0 Å². The maximum Gasteiger partial charge on any atom is 0.512 e. The molecule has 0 aliphatic carbocycles. The van der Waals surface area contributed by atoms with Crippen molar-refractivity contribution < 1.29 is 32.2 Å². The normalized spacial score (nSPS) is 11.3. The Kier molecular flexibility index (Phi) is 3.16. The van der Waals surface area contributed by atoms with Crippen LogP contribution in [-0.4, -0.2) is 16.2 Å². The molecule has 0 fully saturated rings. The molecular formula is C11H6F3NO4. The van der Waals surface area contributed by atoms with Crippen LogP contribution in [0.5, 0.6) is 5.88 Å². The highest BCUT2D eigenvalue weighted by molar-refractivity contribution is 5.68. The zero-order chi connectivity index (χ0) is 14.0. The highest BCUT2D eigenvalue weighted by Crippen LogP contribution is 2.33. The highest BCUT2D eigenvalue weighted by atomic mass is 19.4. The fourth-order valence-corrected chi connectivity index (χ4v) is 1.39. The second kappa shape index (κ2) is 4.63. The fourth-order valence-electron chi connectivity index (χ4n) is 1.39.